The molecule has 0 saturated carbocycles. The normalized spacial score (nSPS) is 10.5. The lowest BCUT2D eigenvalue weighted by Gasteiger charge is -2.07. The number of nitrogens with one attached hydrogen (secondary N) is 1. The number of carbonyl (C=O) groups excluding carboxylic acids is 1. The van der Waals surface area contributed by atoms with E-state index in [2.05, 4.69) is 10.3 Å². The van der Waals surface area contributed by atoms with E-state index in [4.69, 9.17) is 9.47 Å². The van der Waals surface area contributed by atoms with Crippen molar-refractivity contribution in [2.24, 2.45) is 0 Å². The molecule has 0 amide bonds. The zero-order valence-corrected chi connectivity index (χ0v) is 14.1. The summed E-state index contributed by atoms with van der Waals surface area (Å²) < 4.78 is 11.5. The average molecular weight is 356 g/mol. The van der Waals surface area contributed by atoms with Crippen LogP contribution in [-0.2, 0) is 4.74 Å². The number of carbonyl (C=O) groups is 1. The molecule has 2 aromatic heterocycles. The van der Waals surface area contributed by atoms with Crippen LogP contribution in [0.2, 0.25) is 0 Å². The molecule has 0 aliphatic heterocycles. The van der Waals surface area contributed by atoms with Gasteiger partial charge in [-0.15, -0.1) is 0 Å². The molecule has 0 saturated heterocycles. The highest BCUT2D eigenvalue weighted by Gasteiger charge is 2.22. The highest BCUT2D eigenvalue weighted by molar-refractivity contribution is 5.95. The third-order valence-electron chi connectivity index (χ3n) is 3.64. The Morgan fingerprint density at radius 2 is 2.00 bits per heavy atom. The number of benzene rings is 1. The second kappa shape index (κ2) is 7.09. The fraction of sp³-hybridized carbons (Fsp3) is 0.176. The second-order valence-electron chi connectivity index (χ2n) is 5.26. The summed E-state index contributed by atoms with van der Waals surface area (Å²) in [5.41, 5.74) is 0.988. The van der Waals surface area contributed by atoms with Crippen molar-refractivity contribution < 1.29 is 19.2 Å². The topological polar surface area (TPSA) is 108 Å². The molecule has 1 aromatic carbocycles. The van der Waals surface area contributed by atoms with Gasteiger partial charge in [-0.1, -0.05) is 0 Å². The Labute approximate surface area is 148 Å². The van der Waals surface area contributed by atoms with Crippen LogP contribution in [0.3, 0.4) is 0 Å². The Morgan fingerprint density at radius 3 is 2.62 bits per heavy atom. The Kier molecular flexibility index (Phi) is 4.70. The van der Waals surface area contributed by atoms with Crippen LogP contribution in [0.4, 0.5) is 17.2 Å². The summed E-state index contributed by atoms with van der Waals surface area (Å²) >= 11 is 0. The van der Waals surface area contributed by atoms with Gasteiger partial charge in [0.2, 0.25) is 0 Å². The maximum absolute atomic E-state index is 12.4. The molecule has 0 spiro atoms. The van der Waals surface area contributed by atoms with E-state index in [9.17, 15) is 14.9 Å². The van der Waals surface area contributed by atoms with E-state index in [0.717, 1.165) is 0 Å². The molecule has 0 atom stereocenters. The summed E-state index contributed by atoms with van der Waals surface area (Å²) in [5.74, 6) is 0.303. The van der Waals surface area contributed by atoms with E-state index >= 15 is 0 Å². The van der Waals surface area contributed by atoms with Crippen LogP contribution in [0, 0.1) is 10.1 Å². The Hall–Kier alpha value is -3.62. The molecule has 9 heteroatoms. The molecule has 0 fully saturated rings. The summed E-state index contributed by atoms with van der Waals surface area (Å²) in [7, 11) is 1.57. The molecule has 3 rings (SSSR count). The van der Waals surface area contributed by atoms with Crippen molar-refractivity contribution in [2.75, 3.05) is 19.0 Å². The van der Waals surface area contributed by atoms with E-state index in [1.807, 2.05) is 0 Å². The number of ether oxygens (including phenoxy) is 2. The number of pyridine rings is 1. The zero-order chi connectivity index (χ0) is 18.7. The molecular formula is C17H16N4O5. The van der Waals surface area contributed by atoms with Gasteiger partial charge in [0.25, 0.3) is 5.69 Å². The number of imidazole rings is 1. The average Bonchev–Trinajstić information content (AvgIpc) is 2.99. The van der Waals surface area contributed by atoms with Gasteiger partial charge in [0.05, 0.1) is 24.8 Å². The molecule has 9 nitrogen and oxygen atoms in total. The van der Waals surface area contributed by atoms with Crippen LogP contribution in [-0.4, -0.2) is 34.0 Å². The number of esters is 1. The number of anilines is 2. The first-order valence-electron chi connectivity index (χ1n) is 7.78. The highest BCUT2D eigenvalue weighted by atomic mass is 16.6. The number of nitro groups is 1. The number of nitrogens with zero attached hydrogens (tertiary/aromatic N) is 3. The zero-order valence-electron chi connectivity index (χ0n) is 14.1. The van der Waals surface area contributed by atoms with Gasteiger partial charge >= 0.3 is 5.97 Å². The van der Waals surface area contributed by atoms with Crippen molar-refractivity contribution in [1.29, 1.82) is 0 Å². The van der Waals surface area contributed by atoms with E-state index in [0.29, 0.717) is 17.1 Å². The fourth-order valence-electron chi connectivity index (χ4n) is 2.43. The SMILES string of the molecule is CCOC(=O)c1c(Nc2ccc(OC)cc2)nc2ccc([N+](=O)[O-])cn12. The van der Waals surface area contributed by atoms with E-state index < -0.39 is 10.9 Å². The summed E-state index contributed by atoms with van der Waals surface area (Å²) in [5, 5.41) is 14.1. The predicted octanol–water partition coefficient (Wildman–Crippen LogP) is 3.17. The van der Waals surface area contributed by atoms with Crippen molar-refractivity contribution in [2.45, 2.75) is 6.92 Å². The summed E-state index contributed by atoms with van der Waals surface area (Å²) in [4.78, 5) is 27.3. The standard InChI is InChI=1S/C17H16N4O5/c1-3-26-17(22)15-16(18-11-4-7-13(25-2)8-5-11)19-14-9-6-12(21(23)24)10-20(14)15/h4-10,18H,3H2,1-2H3. The quantitative estimate of drug-likeness (QED) is 0.410. The van der Waals surface area contributed by atoms with Gasteiger partial charge in [0, 0.05) is 11.8 Å². The van der Waals surface area contributed by atoms with Gasteiger partial charge in [-0.2, -0.15) is 0 Å². The monoisotopic (exact) mass is 356 g/mol. The van der Waals surface area contributed by atoms with E-state index in [1.165, 1.54) is 22.7 Å². The summed E-state index contributed by atoms with van der Waals surface area (Å²) in [6.07, 6.45) is 1.24. The summed E-state index contributed by atoms with van der Waals surface area (Å²) in [6, 6.07) is 9.84. The molecule has 3 aromatic rings. The van der Waals surface area contributed by atoms with Gasteiger partial charge < -0.3 is 14.8 Å². The Bertz CT molecular complexity index is 965. The van der Waals surface area contributed by atoms with Crippen LogP contribution in [0.25, 0.3) is 5.65 Å². The maximum atomic E-state index is 12.4. The smallest absolute Gasteiger partial charge is 0.359 e. The minimum atomic E-state index is -0.628. The molecular weight excluding hydrogens is 340 g/mol. The number of hydrogen-bond donors (Lipinski definition) is 1. The van der Waals surface area contributed by atoms with Crippen molar-refractivity contribution >= 4 is 28.8 Å². The molecule has 0 bridgehead atoms. The first kappa shape index (κ1) is 17.2. The predicted molar refractivity (Wildman–Crippen MR) is 94.1 cm³/mol. The number of hydrogen-bond acceptors (Lipinski definition) is 7. The van der Waals surface area contributed by atoms with Crippen LogP contribution < -0.4 is 10.1 Å². The molecule has 1 N–H and O–H groups in total. The van der Waals surface area contributed by atoms with Crippen molar-refractivity contribution in [3.8, 4) is 5.75 Å². The van der Waals surface area contributed by atoms with Crippen LogP contribution in [0.15, 0.2) is 42.6 Å². The van der Waals surface area contributed by atoms with E-state index in [-0.39, 0.29) is 23.8 Å². The van der Waals surface area contributed by atoms with Crippen molar-refractivity contribution in [3.05, 3.63) is 58.4 Å². The van der Waals surface area contributed by atoms with Crippen LogP contribution in [0.5, 0.6) is 5.75 Å². The molecule has 0 unspecified atom stereocenters. The van der Waals surface area contributed by atoms with Crippen LogP contribution >= 0.6 is 0 Å². The highest BCUT2D eigenvalue weighted by Crippen LogP contribution is 2.26. The lowest BCUT2D eigenvalue weighted by Crippen LogP contribution is -2.10. The van der Waals surface area contributed by atoms with Gasteiger partial charge in [-0.3, -0.25) is 14.5 Å². The first-order valence-corrected chi connectivity index (χ1v) is 7.78. The molecule has 0 aliphatic rings. The van der Waals surface area contributed by atoms with Gasteiger partial charge in [0.1, 0.15) is 11.4 Å². The number of rotatable bonds is 6. The third-order valence-corrected chi connectivity index (χ3v) is 3.64. The molecule has 0 aliphatic carbocycles. The van der Waals surface area contributed by atoms with Gasteiger partial charge in [-0.25, -0.2) is 9.78 Å². The summed E-state index contributed by atoms with van der Waals surface area (Å²) in [6.45, 7) is 1.85. The second-order valence-corrected chi connectivity index (χ2v) is 5.26. The van der Waals surface area contributed by atoms with Crippen molar-refractivity contribution in [3.63, 3.8) is 0 Å². The Balaban J connectivity index is 2.08. The van der Waals surface area contributed by atoms with Gasteiger partial charge in [0.15, 0.2) is 11.5 Å². The Morgan fingerprint density at radius 1 is 1.27 bits per heavy atom. The molecule has 134 valence electrons. The molecule has 26 heavy (non-hydrogen) atoms. The fourth-order valence-corrected chi connectivity index (χ4v) is 2.43. The number of methoxy groups -OCH3 is 1. The molecule has 2 heterocycles. The van der Waals surface area contributed by atoms with E-state index in [1.54, 1.807) is 38.3 Å². The lowest BCUT2D eigenvalue weighted by atomic mass is 10.3. The number of fused-ring (bicyclic) bond motifs is 1. The maximum Gasteiger partial charge on any atom is 0.359 e. The van der Waals surface area contributed by atoms with Crippen molar-refractivity contribution in [1.82, 2.24) is 9.38 Å². The largest absolute Gasteiger partial charge is 0.497 e. The minimum absolute atomic E-state index is 0.0846. The lowest BCUT2D eigenvalue weighted by molar-refractivity contribution is -0.385. The van der Waals surface area contributed by atoms with Crippen LogP contribution in [0.1, 0.15) is 17.4 Å². The minimum Gasteiger partial charge on any atom is -0.497 e. The number of aromatic nitrogens is 2. The molecule has 0 radical (unpaired) electrons. The first-order chi connectivity index (χ1) is 12.5. The van der Waals surface area contributed by atoms with Gasteiger partial charge in [-0.05, 0) is 37.3 Å². The third kappa shape index (κ3) is 3.27.